The minimum Gasteiger partial charge on any atom is -0.454 e. The van der Waals surface area contributed by atoms with Crippen LogP contribution in [0.5, 0.6) is 0 Å². The molecule has 1 aromatic heterocycles. The standard InChI is InChI=1S/C22H23N3O5/c1-3-15-8-10-16(11-9-15)12-24(2)19(26)14-30-20(27)13-25-22(29)18-7-5-4-6-17(18)21(28)23-25/h4-11H,3,12-14H2,1-2H3,(H,23,28). The number of aromatic nitrogens is 2. The second kappa shape index (κ2) is 9.21. The molecule has 0 bridgehead atoms. The Labute approximate surface area is 172 Å². The number of carbonyl (C=O) groups is 2. The molecule has 0 saturated heterocycles. The zero-order chi connectivity index (χ0) is 21.7. The number of carbonyl (C=O) groups excluding carboxylic acids is 2. The molecule has 0 aliphatic carbocycles. The number of ether oxygens (including phenoxy) is 1. The summed E-state index contributed by atoms with van der Waals surface area (Å²) < 4.78 is 5.88. The molecule has 0 fully saturated rings. The molecular weight excluding hydrogens is 386 g/mol. The fourth-order valence-electron chi connectivity index (χ4n) is 3.03. The van der Waals surface area contributed by atoms with E-state index in [1.165, 1.54) is 22.6 Å². The van der Waals surface area contributed by atoms with Gasteiger partial charge in [-0.25, -0.2) is 4.68 Å². The van der Waals surface area contributed by atoms with E-state index in [1.54, 1.807) is 19.2 Å². The molecule has 0 atom stereocenters. The number of esters is 1. The number of fused-ring (bicyclic) bond motifs is 1. The SMILES string of the molecule is CCc1ccc(CN(C)C(=O)COC(=O)Cn2[nH]c(=O)c3ccccc3c2=O)cc1. The minimum absolute atomic E-state index is 0.207. The Morgan fingerprint density at radius 3 is 2.30 bits per heavy atom. The van der Waals surface area contributed by atoms with E-state index in [-0.39, 0.29) is 16.7 Å². The lowest BCUT2D eigenvalue weighted by Crippen LogP contribution is -2.35. The smallest absolute Gasteiger partial charge is 0.328 e. The van der Waals surface area contributed by atoms with E-state index in [0.29, 0.717) is 6.54 Å². The van der Waals surface area contributed by atoms with Crippen LogP contribution < -0.4 is 11.1 Å². The zero-order valence-electron chi connectivity index (χ0n) is 16.9. The van der Waals surface area contributed by atoms with Crippen LogP contribution in [-0.4, -0.2) is 40.2 Å². The largest absolute Gasteiger partial charge is 0.454 e. The number of likely N-dealkylation sites (N-methyl/N-ethyl adjacent to an activating group) is 1. The van der Waals surface area contributed by atoms with Crippen molar-refractivity contribution in [3.8, 4) is 0 Å². The topological polar surface area (TPSA) is 101 Å². The highest BCUT2D eigenvalue weighted by Gasteiger charge is 2.15. The molecule has 1 heterocycles. The van der Waals surface area contributed by atoms with Crippen molar-refractivity contribution in [3.63, 3.8) is 0 Å². The summed E-state index contributed by atoms with van der Waals surface area (Å²) in [6.07, 6.45) is 0.941. The summed E-state index contributed by atoms with van der Waals surface area (Å²) in [5.74, 6) is -1.17. The first-order valence-corrected chi connectivity index (χ1v) is 9.58. The van der Waals surface area contributed by atoms with Crippen LogP contribution in [0, 0.1) is 0 Å². The molecule has 0 radical (unpaired) electrons. The van der Waals surface area contributed by atoms with Gasteiger partial charge in [0.05, 0.1) is 10.8 Å². The molecular formula is C22H23N3O5. The predicted molar refractivity (Wildman–Crippen MR) is 112 cm³/mol. The lowest BCUT2D eigenvalue weighted by molar-refractivity contribution is -0.152. The molecule has 30 heavy (non-hydrogen) atoms. The van der Waals surface area contributed by atoms with Crippen molar-refractivity contribution >= 4 is 22.6 Å². The average molecular weight is 409 g/mol. The molecule has 0 aliphatic rings. The van der Waals surface area contributed by atoms with Gasteiger partial charge < -0.3 is 9.64 Å². The number of rotatable bonds is 7. The summed E-state index contributed by atoms with van der Waals surface area (Å²) in [7, 11) is 1.62. The van der Waals surface area contributed by atoms with Crippen LogP contribution in [-0.2, 0) is 33.8 Å². The number of aryl methyl sites for hydroxylation is 1. The fraction of sp³-hybridized carbons (Fsp3) is 0.273. The molecule has 3 rings (SSSR count). The highest BCUT2D eigenvalue weighted by molar-refractivity contribution is 5.81. The van der Waals surface area contributed by atoms with Crippen molar-refractivity contribution in [2.75, 3.05) is 13.7 Å². The van der Waals surface area contributed by atoms with Crippen molar-refractivity contribution in [3.05, 3.63) is 80.4 Å². The molecule has 0 aliphatic heterocycles. The fourth-order valence-corrected chi connectivity index (χ4v) is 3.03. The second-order valence-corrected chi connectivity index (χ2v) is 6.96. The van der Waals surface area contributed by atoms with E-state index in [0.717, 1.165) is 16.7 Å². The van der Waals surface area contributed by atoms with Gasteiger partial charge in [-0.3, -0.25) is 24.3 Å². The third kappa shape index (κ3) is 4.83. The van der Waals surface area contributed by atoms with Crippen LogP contribution in [0.25, 0.3) is 10.8 Å². The van der Waals surface area contributed by atoms with Crippen molar-refractivity contribution in [2.24, 2.45) is 0 Å². The maximum Gasteiger partial charge on any atom is 0.328 e. The molecule has 1 N–H and O–H groups in total. The molecule has 3 aromatic rings. The van der Waals surface area contributed by atoms with Gasteiger partial charge in [-0.05, 0) is 29.7 Å². The van der Waals surface area contributed by atoms with Crippen LogP contribution in [0.15, 0.2) is 58.1 Å². The third-order valence-corrected chi connectivity index (χ3v) is 4.80. The number of nitrogens with one attached hydrogen (secondary N) is 1. The molecule has 2 aromatic carbocycles. The minimum atomic E-state index is -0.794. The summed E-state index contributed by atoms with van der Waals surface area (Å²) in [6.45, 7) is 1.52. The number of hydrogen-bond donors (Lipinski definition) is 1. The van der Waals surface area contributed by atoms with E-state index in [1.807, 2.05) is 24.3 Å². The van der Waals surface area contributed by atoms with Crippen LogP contribution >= 0.6 is 0 Å². The number of nitrogens with zero attached hydrogens (tertiary/aromatic N) is 2. The Morgan fingerprint density at radius 1 is 1.00 bits per heavy atom. The predicted octanol–water partition coefficient (Wildman–Crippen LogP) is 1.45. The summed E-state index contributed by atoms with van der Waals surface area (Å²) in [6, 6.07) is 14.3. The van der Waals surface area contributed by atoms with Crippen LogP contribution in [0.1, 0.15) is 18.1 Å². The highest BCUT2D eigenvalue weighted by Crippen LogP contribution is 2.08. The Bertz CT molecular complexity index is 1180. The van der Waals surface area contributed by atoms with Gasteiger partial charge in [0.1, 0.15) is 6.54 Å². The second-order valence-electron chi connectivity index (χ2n) is 6.96. The van der Waals surface area contributed by atoms with Gasteiger partial charge in [0.25, 0.3) is 17.0 Å². The highest BCUT2D eigenvalue weighted by atomic mass is 16.5. The van der Waals surface area contributed by atoms with Gasteiger partial charge in [0.2, 0.25) is 0 Å². The van der Waals surface area contributed by atoms with E-state index in [9.17, 15) is 19.2 Å². The van der Waals surface area contributed by atoms with Crippen molar-refractivity contribution < 1.29 is 14.3 Å². The Hall–Kier alpha value is -3.68. The Balaban J connectivity index is 1.58. The number of H-pyrrole nitrogens is 1. The van der Waals surface area contributed by atoms with E-state index in [2.05, 4.69) is 12.0 Å². The van der Waals surface area contributed by atoms with Gasteiger partial charge in [-0.1, -0.05) is 43.3 Å². The monoisotopic (exact) mass is 409 g/mol. The lowest BCUT2D eigenvalue weighted by atomic mass is 10.1. The normalized spacial score (nSPS) is 10.7. The van der Waals surface area contributed by atoms with Gasteiger partial charge in [-0.15, -0.1) is 0 Å². The van der Waals surface area contributed by atoms with Gasteiger partial charge in [0.15, 0.2) is 6.61 Å². The van der Waals surface area contributed by atoms with E-state index in [4.69, 9.17) is 4.74 Å². The average Bonchev–Trinajstić information content (AvgIpc) is 2.76. The lowest BCUT2D eigenvalue weighted by Gasteiger charge is -2.17. The number of amides is 1. The molecule has 8 heteroatoms. The van der Waals surface area contributed by atoms with E-state index >= 15 is 0 Å². The Kier molecular flexibility index (Phi) is 6.46. The third-order valence-electron chi connectivity index (χ3n) is 4.80. The molecule has 0 unspecified atom stereocenters. The van der Waals surface area contributed by atoms with Crippen molar-refractivity contribution in [1.82, 2.24) is 14.7 Å². The summed E-state index contributed by atoms with van der Waals surface area (Å²) >= 11 is 0. The van der Waals surface area contributed by atoms with Crippen molar-refractivity contribution in [2.45, 2.75) is 26.4 Å². The van der Waals surface area contributed by atoms with E-state index < -0.39 is 30.2 Å². The molecule has 8 nitrogen and oxygen atoms in total. The Morgan fingerprint density at radius 2 is 1.63 bits per heavy atom. The summed E-state index contributed by atoms with van der Waals surface area (Å²) in [5.41, 5.74) is 1.18. The molecule has 0 saturated carbocycles. The van der Waals surface area contributed by atoms with Crippen molar-refractivity contribution in [1.29, 1.82) is 0 Å². The molecule has 156 valence electrons. The van der Waals surface area contributed by atoms with Crippen LogP contribution in [0.4, 0.5) is 0 Å². The number of benzene rings is 2. The van der Waals surface area contributed by atoms with Gasteiger partial charge >= 0.3 is 5.97 Å². The first-order valence-electron chi connectivity index (χ1n) is 9.58. The van der Waals surface area contributed by atoms with Crippen LogP contribution in [0.3, 0.4) is 0 Å². The number of hydrogen-bond acceptors (Lipinski definition) is 5. The zero-order valence-corrected chi connectivity index (χ0v) is 16.9. The summed E-state index contributed by atoms with van der Waals surface area (Å²) in [5, 5.41) is 2.81. The van der Waals surface area contributed by atoms with Gasteiger partial charge in [-0.2, -0.15) is 0 Å². The quantitative estimate of drug-likeness (QED) is 0.595. The summed E-state index contributed by atoms with van der Waals surface area (Å²) in [4.78, 5) is 50.3. The first-order chi connectivity index (χ1) is 14.4. The molecule has 0 spiro atoms. The number of aromatic amines is 1. The first kappa shape index (κ1) is 21.0. The molecule has 1 amide bonds. The maximum atomic E-state index is 12.4. The maximum absolute atomic E-state index is 12.4. The van der Waals surface area contributed by atoms with Crippen LogP contribution in [0.2, 0.25) is 0 Å². The van der Waals surface area contributed by atoms with Gasteiger partial charge in [0, 0.05) is 13.6 Å².